The average molecular weight is 371 g/mol. The Balaban J connectivity index is 1.46. The molecule has 0 N–H and O–H groups in total. The zero-order valence-corrected chi connectivity index (χ0v) is 15.5. The van der Waals surface area contributed by atoms with Gasteiger partial charge in [-0.3, -0.25) is 9.59 Å². The van der Waals surface area contributed by atoms with Crippen LogP contribution in [0.5, 0.6) is 0 Å². The Bertz CT molecular complexity index is 747. The van der Waals surface area contributed by atoms with Crippen molar-refractivity contribution in [2.45, 2.75) is 19.4 Å². The first-order valence-corrected chi connectivity index (χ1v) is 9.50. The molecule has 4 heterocycles. The molecule has 4 rings (SSSR count). The first-order chi connectivity index (χ1) is 13.2. The minimum Gasteiger partial charge on any atom is -0.378 e. The van der Waals surface area contributed by atoms with Crippen molar-refractivity contribution >= 4 is 17.6 Å². The number of rotatable bonds is 4. The van der Waals surface area contributed by atoms with Crippen LogP contribution in [0.3, 0.4) is 0 Å². The summed E-state index contributed by atoms with van der Waals surface area (Å²) in [5.74, 6) is 0.790. The highest BCUT2D eigenvalue weighted by Gasteiger charge is 2.37. The molecule has 0 radical (unpaired) electrons. The monoisotopic (exact) mass is 371 g/mol. The summed E-state index contributed by atoms with van der Waals surface area (Å²) in [6.45, 7) is 8.86. The van der Waals surface area contributed by atoms with E-state index >= 15 is 0 Å². The van der Waals surface area contributed by atoms with Gasteiger partial charge in [-0.1, -0.05) is 6.08 Å². The quantitative estimate of drug-likeness (QED) is 0.705. The topological polar surface area (TPSA) is 78.9 Å². The maximum Gasteiger partial charge on any atom is 0.228 e. The van der Waals surface area contributed by atoms with Gasteiger partial charge < -0.3 is 19.4 Å². The van der Waals surface area contributed by atoms with E-state index in [1.54, 1.807) is 17.3 Å². The van der Waals surface area contributed by atoms with Gasteiger partial charge in [0.05, 0.1) is 31.4 Å². The molecule has 2 saturated heterocycles. The Morgan fingerprint density at radius 2 is 2.11 bits per heavy atom. The van der Waals surface area contributed by atoms with Crippen molar-refractivity contribution in [3.63, 3.8) is 0 Å². The van der Waals surface area contributed by atoms with E-state index in [0.717, 1.165) is 36.6 Å². The van der Waals surface area contributed by atoms with Gasteiger partial charge in [0, 0.05) is 44.7 Å². The van der Waals surface area contributed by atoms with Gasteiger partial charge in [-0.25, -0.2) is 9.97 Å². The second-order valence-corrected chi connectivity index (χ2v) is 7.22. The zero-order chi connectivity index (χ0) is 18.8. The number of morpholine rings is 1. The van der Waals surface area contributed by atoms with Crippen LogP contribution < -0.4 is 4.90 Å². The molecule has 1 unspecified atom stereocenters. The highest BCUT2D eigenvalue weighted by atomic mass is 16.5. The van der Waals surface area contributed by atoms with Gasteiger partial charge >= 0.3 is 0 Å². The van der Waals surface area contributed by atoms with E-state index in [-0.39, 0.29) is 17.7 Å². The largest absolute Gasteiger partial charge is 0.378 e. The minimum absolute atomic E-state index is 0.0302. The maximum absolute atomic E-state index is 12.9. The molecule has 1 atom stereocenters. The molecule has 2 amide bonds. The number of ether oxygens (including phenoxy) is 1. The Morgan fingerprint density at radius 1 is 1.30 bits per heavy atom. The second kappa shape index (κ2) is 7.64. The summed E-state index contributed by atoms with van der Waals surface area (Å²) >= 11 is 0. The molecule has 3 aliphatic heterocycles. The van der Waals surface area contributed by atoms with Crippen molar-refractivity contribution in [1.29, 1.82) is 0 Å². The number of carbonyl (C=O) groups is 2. The first-order valence-electron chi connectivity index (χ1n) is 9.50. The predicted octanol–water partition coefficient (Wildman–Crippen LogP) is 0.232. The molecule has 27 heavy (non-hydrogen) atoms. The molecule has 8 nitrogen and oxygen atoms in total. The van der Waals surface area contributed by atoms with Gasteiger partial charge in [0.2, 0.25) is 11.8 Å². The van der Waals surface area contributed by atoms with E-state index in [0.29, 0.717) is 45.8 Å². The minimum atomic E-state index is -0.264. The molecule has 1 aromatic rings. The number of nitrogens with zero attached hydrogens (tertiary/aromatic N) is 5. The smallest absolute Gasteiger partial charge is 0.228 e. The lowest BCUT2D eigenvalue weighted by Crippen LogP contribution is -2.42. The van der Waals surface area contributed by atoms with E-state index < -0.39 is 0 Å². The van der Waals surface area contributed by atoms with Crippen LogP contribution in [-0.4, -0.2) is 77.5 Å². The molecule has 0 saturated carbocycles. The Labute approximate surface area is 158 Å². The van der Waals surface area contributed by atoms with Crippen molar-refractivity contribution in [3.05, 3.63) is 30.2 Å². The molecule has 2 fully saturated rings. The number of likely N-dealkylation sites (tertiary alicyclic amines) is 1. The lowest BCUT2D eigenvalue weighted by atomic mass is 10.0. The zero-order valence-electron chi connectivity index (χ0n) is 15.5. The normalized spacial score (nSPS) is 22.7. The molecule has 144 valence electrons. The SMILES string of the molecule is C=CCN1CC(C(=O)N2CCc3c(ncnc3N3CCOCC3)C2)CC1=O. The summed E-state index contributed by atoms with van der Waals surface area (Å²) in [6, 6.07) is 0. The number of anilines is 1. The van der Waals surface area contributed by atoms with Crippen LogP contribution in [0.25, 0.3) is 0 Å². The number of hydrogen-bond donors (Lipinski definition) is 0. The fraction of sp³-hybridized carbons (Fsp3) is 0.579. The summed E-state index contributed by atoms with van der Waals surface area (Å²) in [4.78, 5) is 39.7. The third-order valence-electron chi connectivity index (χ3n) is 5.52. The summed E-state index contributed by atoms with van der Waals surface area (Å²) < 4.78 is 5.43. The van der Waals surface area contributed by atoms with Gasteiger partial charge in [0.25, 0.3) is 0 Å². The second-order valence-electron chi connectivity index (χ2n) is 7.22. The summed E-state index contributed by atoms with van der Waals surface area (Å²) in [7, 11) is 0. The van der Waals surface area contributed by atoms with Crippen molar-refractivity contribution in [3.8, 4) is 0 Å². The molecular weight excluding hydrogens is 346 g/mol. The number of aromatic nitrogens is 2. The lowest BCUT2D eigenvalue weighted by molar-refractivity contribution is -0.136. The van der Waals surface area contributed by atoms with Crippen LogP contribution in [0.15, 0.2) is 19.0 Å². The first kappa shape index (κ1) is 17.9. The fourth-order valence-electron chi connectivity index (χ4n) is 4.10. The molecule has 0 aromatic carbocycles. The van der Waals surface area contributed by atoms with E-state index in [1.165, 1.54) is 0 Å². The molecule has 1 aromatic heterocycles. The average Bonchev–Trinajstić information content (AvgIpc) is 3.08. The Morgan fingerprint density at radius 3 is 2.89 bits per heavy atom. The lowest BCUT2D eigenvalue weighted by Gasteiger charge is -2.34. The van der Waals surface area contributed by atoms with Gasteiger partial charge in [0.1, 0.15) is 12.1 Å². The summed E-state index contributed by atoms with van der Waals surface area (Å²) in [6.07, 6.45) is 4.32. The predicted molar refractivity (Wildman–Crippen MR) is 99.1 cm³/mol. The number of fused-ring (bicyclic) bond motifs is 1. The molecule has 3 aliphatic rings. The standard InChI is InChI=1S/C19H25N5O3/c1-2-4-23-11-14(10-17(23)25)19(26)24-5-3-15-16(12-24)20-13-21-18(15)22-6-8-27-9-7-22/h2,13-14H,1,3-12H2. The van der Waals surface area contributed by atoms with Crippen molar-refractivity contribution in [2.75, 3.05) is 50.8 Å². The Kier molecular flexibility index (Phi) is 5.07. The Hall–Kier alpha value is -2.48. The van der Waals surface area contributed by atoms with Gasteiger partial charge in [0.15, 0.2) is 0 Å². The summed E-state index contributed by atoms with van der Waals surface area (Å²) in [5.41, 5.74) is 2.05. The third-order valence-corrected chi connectivity index (χ3v) is 5.52. The molecule has 0 bridgehead atoms. The van der Waals surface area contributed by atoms with Gasteiger partial charge in [-0.2, -0.15) is 0 Å². The van der Waals surface area contributed by atoms with E-state index in [4.69, 9.17) is 4.74 Å². The van der Waals surface area contributed by atoms with Gasteiger partial charge in [-0.15, -0.1) is 6.58 Å². The molecule has 8 heteroatoms. The van der Waals surface area contributed by atoms with Crippen LogP contribution in [0.1, 0.15) is 17.7 Å². The van der Waals surface area contributed by atoms with Crippen LogP contribution >= 0.6 is 0 Å². The van der Waals surface area contributed by atoms with Gasteiger partial charge in [-0.05, 0) is 6.42 Å². The number of hydrogen-bond acceptors (Lipinski definition) is 6. The number of amides is 2. The molecule has 0 aliphatic carbocycles. The maximum atomic E-state index is 12.9. The van der Waals surface area contributed by atoms with Crippen LogP contribution in [-0.2, 0) is 27.3 Å². The van der Waals surface area contributed by atoms with E-state index in [1.807, 2.05) is 4.90 Å². The fourth-order valence-corrected chi connectivity index (χ4v) is 4.10. The molecular formula is C19H25N5O3. The number of carbonyl (C=O) groups excluding carboxylic acids is 2. The van der Waals surface area contributed by atoms with Crippen LogP contribution in [0.4, 0.5) is 5.82 Å². The summed E-state index contributed by atoms with van der Waals surface area (Å²) in [5, 5.41) is 0. The van der Waals surface area contributed by atoms with Crippen molar-refractivity contribution < 1.29 is 14.3 Å². The highest BCUT2D eigenvalue weighted by molar-refractivity contribution is 5.89. The van der Waals surface area contributed by atoms with Crippen LogP contribution in [0, 0.1) is 5.92 Å². The van der Waals surface area contributed by atoms with E-state index in [9.17, 15) is 9.59 Å². The van der Waals surface area contributed by atoms with Crippen molar-refractivity contribution in [1.82, 2.24) is 19.8 Å². The third kappa shape index (κ3) is 3.53. The highest BCUT2D eigenvalue weighted by Crippen LogP contribution is 2.28. The van der Waals surface area contributed by atoms with Crippen LogP contribution in [0.2, 0.25) is 0 Å². The molecule has 0 spiro atoms. The van der Waals surface area contributed by atoms with E-state index in [2.05, 4.69) is 21.4 Å². The van der Waals surface area contributed by atoms with Crippen molar-refractivity contribution in [2.24, 2.45) is 5.92 Å².